The zero-order chi connectivity index (χ0) is 10.9. The Labute approximate surface area is 92.9 Å². The highest BCUT2D eigenvalue weighted by Gasteiger charge is 2.33. The normalized spacial score (nSPS) is 24.7. The molecule has 0 aromatic carbocycles. The fourth-order valence-electron chi connectivity index (χ4n) is 2.48. The Bertz CT molecular complexity index is 303. The van der Waals surface area contributed by atoms with Crippen LogP contribution in [-0.4, -0.2) is 31.6 Å². The Morgan fingerprint density at radius 3 is 2.13 bits per heavy atom. The van der Waals surface area contributed by atoms with Gasteiger partial charge in [0.1, 0.15) is 0 Å². The molecule has 15 heavy (non-hydrogen) atoms. The summed E-state index contributed by atoms with van der Waals surface area (Å²) < 4.78 is 25.2. The molecule has 0 aliphatic heterocycles. The first-order chi connectivity index (χ1) is 7.07. The fourth-order valence-corrected chi connectivity index (χ4v) is 3.71. The van der Waals surface area contributed by atoms with Gasteiger partial charge in [0, 0.05) is 12.6 Å². The van der Waals surface area contributed by atoms with E-state index in [0.717, 1.165) is 19.4 Å². The molecule has 0 unspecified atom stereocenters. The smallest absolute Gasteiger partial charge is 0.211 e. The molecule has 2 saturated carbocycles. The minimum Gasteiger partial charge on any atom is -0.212 e. The first-order valence-electron chi connectivity index (χ1n) is 6.04. The van der Waals surface area contributed by atoms with Crippen molar-refractivity contribution in [1.82, 2.24) is 4.31 Å². The molecule has 2 fully saturated rings. The molecule has 3 nitrogen and oxygen atoms in total. The predicted molar refractivity (Wildman–Crippen MR) is 61.1 cm³/mol. The number of hydrogen-bond donors (Lipinski definition) is 0. The van der Waals surface area contributed by atoms with E-state index < -0.39 is 10.0 Å². The molecule has 0 saturated heterocycles. The lowest BCUT2D eigenvalue weighted by Crippen LogP contribution is -2.42. The Morgan fingerprint density at radius 1 is 1.07 bits per heavy atom. The lowest BCUT2D eigenvalue weighted by molar-refractivity contribution is 0.248. The molecule has 0 amide bonds. The lowest BCUT2D eigenvalue weighted by Gasteiger charge is -2.32. The average molecular weight is 231 g/mol. The van der Waals surface area contributed by atoms with E-state index in [1.807, 2.05) is 0 Å². The van der Waals surface area contributed by atoms with Gasteiger partial charge in [0.05, 0.1) is 6.26 Å². The van der Waals surface area contributed by atoms with E-state index in [4.69, 9.17) is 0 Å². The van der Waals surface area contributed by atoms with Crippen molar-refractivity contribution in [2.45, 2.75) is 51.0 Å². The second kappa shape index (κ2) is 4.42. The molecule has 0 radical (unpaired) electrons. The summed E-state index contributed by atoms with van der Waals surface area (Å²) in [6.45, 7) is 0.781. The topological polar surface area (TPSA) is 37.4 Å². The van der Waals surface area contributed by atoms with Crippen molar-refractivity contribution in [3.8, 4) is 0 Å². The number of sulfonamides is 1. The summed E-state index contributed by atoms with van der Waals surface area (Å²) in [5.74, 6) is 0.654. The van der Waals surface area contributed by atoms with E-state index in [0.29, 0.717) is 12.0 Å². The standard InChI is InChI=1S/C11H21NO2S/c1-15(13,14)12(9-10-7-8-10)11-5-3-2-4-6-11/h10-11H,2-9H2,1H3. The summed E-state index contributed by atoms with van der Waals surface area (Å²) in [5.41, 5.74) is 0. The van der Waals surface area contributed by atoms with Crippen LogP contribution in [0.1, 0.15) is 44.9 Å². The van der Waals surface area contributed by atoms with Gasteiger partial charge in [-0.05, 0) is 31.6 Å². The second-order valence-electron chi connectivity index (χ2n) is 5.07. The maximum Gasteiger partial charge on any atom is 0.211 e. The van der Waals surface area contributed by atoms with Crippen LogP contribution in [0.2, 0.25) is 0 Å². The van der Waals surface area contributed by atoms with Crippen LogP contribution in [0.3, 0.4) is 0 Å². The van der Waals surface area contributed by atoms with E-state index in [1.165, 1.54) is 38.4 Å². The molecule has 2 aliphatic rings. The maximum absolute atomic E-state index is 11.7. The molecule has 0 aromatic rings. The van der Waals surface area contributed by atoms with Crippen LogP contribution >= 0.6 is 0 Å². The zero-order valence-electron chi connectivity index (χ0n) is 9.48. The van der Waals surface area contributed by atoms with Crippen LogP contribution in [0.5, 0.6) is 0 Å². The lowest BCUT2D eigenvalue weighted by atomic mass is 9.95. The highest BCUT2D eigenvalue weighted by molar-refractivity contribution is 7.88. The quantitative estimate of drug-likeness (QED) is 0.742. The molecular formula is C11H21NO2S. The number of hydrogen-bond acceptors (Lipinski definition) is 2. The molecule has 0 heterocycles. The predicted octanol–water partition coefficient (Wildman–Crippen LogP) is 1.99. The second-order valence-corrected chi connectivity index (χ2v) is 7.00. The van der Waals surface area contributed by atoms with Gasteiger partial charge in [-0.2, -0.15) is 4.31 Å². The Kier molecular flexibility index (Phi) is 3.36. The molecule has 0 atom stereocenters. The van der Waals surface area contributed by atoms with Crippen molar-refractivity contribution < 1.29 is 8.42 Å². The van der Waals surface area contributed by atoms with Gasteiger partial charge < -0.3 is 0 Å². The Hall–Kier alpha value is -0.0900. The minimum absolute atomic E-state index is 0.300. The van der Waals surface area contributed by atoms with Crippen molar-refractivity contribution in [1.29, 1.82) is 0 Å². The summed E-state index contributed by atoms with van der Waals surface area (Å²) in [6, 6.07) is 0.300. The highest BCUT2D eigenvalue weighted by Crippen LogP contribution is 2.33. The van der Waals surface area contributed by atoms with Gasteiger partial charge in [0.25, 0.3) is 0 Å². The third-order valence-corrected chi connectivity index (χ3v) is 4.84. The summed E-state index contributed by atoms with van der Waals surface area (Å²) in [5, 5.41) is 0. The van der Waals surface area contributed by atoms with Gasteiger partial charge in [-0.15, -0.1) is 0 Å². The maximum atomic E-state index is 11.7. The Morgan fingerprint density at radius 2 is 1.67 bits per heavy atom. The van der Waals surface area contributed by atoms with E-state index in [1.54, 1.807) is 4.31 Å². The van der Waals surface area contributed by atoms with Gasteiger partial charge in [0.15, 0.2) is 0 Å². The van der Waals surface area contributed by atoms with Crippen LogP contribution < -0.4 is 0 Å². The molecule has 2 aliphatic carbocycles. The Balaban J connectivity index is 2.02. The van der Waals surface area contributed by atoms with Crippen molar-refractivity contribution in [2.75, 3.05) is 12.8 Å². The van der Waals surface area contributed by atoms with E-state index in [9.17, 15) is 8.42 Å². The number of rotatable bonds is 4. The first kappa shape index (κ1) is 11.4. The third kappa shape index (κ3) is 3.18. The van der Waals surface area contributed by atoms with Gasteiger partial charge in [-0.1, -0.05) is 19.3 Å². The third-order valence-electron chi connectivity index (χ3n) is 3.54. The number of nitrogens with zero attached hydrogens (tertiary/aromatic N) is 1. The molecule has 88 valence electrons. The first-order valence-corrected chi connectivity index (χ1v) is 7.89. The van der Waals surface area contributed by atoms with Crippen LogP contribution in [0.25, 0.3) is 0 Å². The van der Waals surface area contributed by atoms with Crippen LogP contribution in [0.4, 0.5) is 0 Å². The minimum atomic E-state index is -2.99. The highest BCUT2D eigenvalue weighted by atomic mass is 32.2. The summed E-state index contributed by atoms with van der Waals surface area (Å²) in [6.07, 6.45) is 9.61. The van der Waals surface area contributed by atoms with Crippen LogP contribution in [0, 0.1) is 5.92 Å². The summed E-state index contributed by atoms with van der Waals surface area (Å²) in [4.78, 5) is 0. The summed E-state index contributed by atoms with van der Waals surface area (Å²) in [7, 11) is -2.99. The van der Waals surface area contributed by atoms with Gasteiger partial charge in [-0.25, -0.2) is 8.42 Å². The van der Waals surface area contributed by atoms with E-state index in [2.05, 4.69) is 0 Å². The molecule has 0 bridgehead atoms. The largest absolute Gasteiger partial charge is 0.212 e. The zero-order valence-corrected chi connectivity index (χ0v) is 10.3. The van der Waals surface area contributed by atoms with Gasteiger partial charge >= 0.3 is 0 Å². The molecule has 0 spiro atoms. The monoisotopic (exact) mass is 231 g/mol. The molecule has 0 aromatic heterocycles. The molecule has 2 rings (SSSR count). The van der Waals surface area contributed by atoms with Crippen molar-refractivity contribution in [3.05, 3.63) is 0 Å². The van der Waals surface area contributed by atoms with Crippen LogP contribution in [0.15, 0.2) is 0 Å². The fraction of sp³-hybridized carbons (Fsp3) is 1.00. The van der Waals surface area contributed by atoms with Crippen molar-refractivity contribution in [3.63, 3.8) is 0 Å². The molecule has 0 N–H and O–H groups in total. The average Bonchev–Trinajstić information content (AvgIpc) is 2.97. The summed E-state index contributed by atoms with van der Waals surface area (Å²) >= 11 is 0. The van der Waals surface area contributed by atoms with E-state index in [-0.39, 0.29) is 0 Å². The van der Waals surface area contributed by atoms with Crippen LogP contribution in [-0.2, 0) is 10.0 Å². The molecule has 4 heteroatoms. The van der Waals surface area contributed by atoms with E-state index >= 15 is 0 Å². The molecular weight excluding hydrogens is 210 g/mol. The SMILES string of the molecule is CS(=O)(=O)N(CC1CC1)C1CCCCC1. The van der Waals surface area contributed by atoms with Crippen molar-refractivity contribution in [2.24, 2.45) is 5.92 Å². The van der Waals surface area contributed by atoms with Gasteiger partial charge in [0.2, 0.25) is 10.0 Å². The van der Waals surface area contributed by atoms with Gasteiger partial charge in [-0.3, -0.25) is 0 Å². The van der Waals surface area contributed by atoms with Crippen molar-refractivity contribution >= 4 is 10.0 Å².